The smallest absolute Gasteiger partial charge is 0.306 e. The summed E-state index contributed by atoms with van der Waals surface area (Å²) < 4.78 is 16.7. The number of ether oxygens (including phenoxy) is 3. The minimum absolute atomic E-state index is 0.130. The Morgan fingerprint density at radius 1 is 0.304 bits per heavy atom. The maximum Gasteiger partial charge on any atom is 0.306 e. The van der Waals surface area contributed by atoms with Gasteiger partial charge in [0.1, 0.15) is 13.2 Å². The first-order valence-electron chi connectivity index (χ1n) is 28.7. The van der Waals surface area contributed by atoms with Crippen LogP contribution in [0.15, 0.2) is 97.2 Å². The van der Waals surface area contributed by atoms with E-state index in [-0.39, 0.29) is 44.0 Å². The molecule has 0 bridgehead atoms. The van der Waals surface area contributed by atoms with Gasteiger partial charge in [0, 0.05) is 19.3 Å². The van der Waals surface area contributed by atoms with Crippen LogP contribution in [-0.4, -0.2) is 37.2 Å². The summed E-state index contributed by atoms with van der Waals surface area (Å²) in [5.74, 6) is -1.07. The summed E-state index contributed by atoms with van der Waals surface area (Å²) in [5, 5.41) is 0. The Bertz CT molecular complexity index is 1380. The topological polar surface area (TPSA) is 78.9 Å². The lowest BCUT2D eigenvalue weighted by Crippen LogP contribution is -2.30. The zero-order valence-corrected chi connectivity index (χ0v) is 45.0. The van der Waals surface area contributed by atoms with E-state index < -0.39 is 6.10 Å². The molecule has 0 aliphatic heterocycles. The van der Waals surface area contributed by atoms with E-state index in [2.05, 4.69) is 106 Å². The fraction of sp³-hybridized carbons (Fsp3) is 0.698. The average Bonchev–Trinajstić information content (AvgIpc) is 3.35. The van der Waals surface area contributed by atoms with Crippen molar-refractivity contribution in [1.29, 1.82) is 0 Å². The fourth-order valence-electron chi connectivity index (χ4n) is 7.82. The van der Waals surface area contributed by atoms with Gasteiger partial charge in [0.2, 0.25) is 0 Å². The fourth-order valence-corrected chi connectivity index (χ4v) is 7.82. The van der Waals surface area contributed by atoms with E-state index in [9.17, 15) is 14.4 Å². The number of rotatable bonds is 51. The average molecular weight is 960 g/mol. The molecular formula is C63H106O6. The lowest BCUT2D eigenvalue weighted by atomic mass is 10.0. The molecule has 1 atom stereocenters. The molecule has 0 saturated heterocycles. The van der Waals surface area contributed by atoms with Crippen LogP contribution in [-0.2, 0) is 28.6 Å². The summed E-state index contributed by atoms with van der Waals surface area (Å²) in [6.45, 7) is 6.42. The highest BCUT2D eigenvalue weighted by atomic mass is 16.6. The Kier molecular flexibility index (Phi) is 53.9. The van der Waals surface area contributed by atoms with Gasteiger partial charge in [0.15, 0.2) is 6.10 Å². The first-order chi connectivity index (χ1) is 34.0. The van der Waals surface area contributed by atoms with E-state index in [1.54, 1.807) is 0 Å². The largest absolute Gasteiger partial charge is 0.462 e. The van der Waals surface area contributed by atoms with Crippen molar-refractivity contribution in [3.8, 4) is 0 Å². The highest BCUT2D eigenvalue weighted by Crippen LogP contribution is 2.16. The third-order valence-corrected chi connectivity index (χ3v) is 12.1. The quantitative estimate of drug-likeness (QED) is 0.0262. The summed E-state index contributed by atoms with van der Waals surface area (Å²) in [7, 11) is 0. The first-order valence-corrected chi connectivity index (χ1v) is 28.7. The normalized spacial score (nSPS) is 12.8. The maximum atomic E-state index is 12.9. The van der Waals surface area contributed by atoms with Crippen molar-refractivity contribution in [3.63, 3.8) is 0 Å². The van der Waals surface area contributed by atoms with Crippen LogP contribution in [0.2, 0.25) is 0 Å². The number of carbonyl (C=O) groups excluding carboxylic acids is 3. The molecular weight excluding hydrogens is 853 g/mol. The molecule has 0 radical (unpaired) electrons. The minimum atomic E-state index is -0.830. The Hall–Kier alpha value is -3.67. The Labute approximate surface area is 426 Å². The molecule has 69 heavy (non-hydrogen) atoms. The van der Waals surface area contributed by atoms with E-state index in [0.717, 1.165) is 70.6 Å². The van der Waals surface area contributed by atoms with Gasteiger partial charge in [-0.15, -0.1) is 0 Å². The first kappa shape index (κ1) is 65.3. The highest BCUT2D eigenvalue weighted by molar-refractivity contribution is 5.71. The zero-order valence-electron chi connectivity index (χ0n) is 45.0. The van der Waals surface area contributed by atoms with E-state index in [1.165, 1.54) is 141 Å². The van der Waals surface area contributed by atoms with E-state index in [4.69, 9.17) is 14.2 Å². The van der Waals surface area contributed by atoms with Gasteiger partial charge in [-0.3, -0.25) is 14.4 Å². The predicted molar refractivity (Wildman–Crippen MR) is 297 cm³/mol. The van der Waals surface area contributed by atoms with Crippen molar-refractivity contribution in [2.45, 2.75) is 271 Å². The lowest BCUT2D eigenvalue weighted by molar-refractivity contribution is -0.166. The lowest BCUT2D eigenvalue weighted by Gasteiger charge is -2.18. The van der Waals surface area contributed by atoms with Gasteiger partial charge >= 0.3 is 17.9 Å². The molecule has 0 saturated carbocycles. The van der Waals surface area contributed by atoms with Crippen LogP contribution in [0.25, 0.3) is 0 Å². The second-order valence-electron chi connectivity index (χ2n) is 18.8. The molecule has 0 aromatic rings. The maximum absolute atomic E-state index is 12.9. The van der Waals surface area contributed by atoms with Crippen LogP contribution >= 0.6 is 0 Å². The van der Waals surface area contributed by atoms with Crippen LogP contribution in [0.5, 0.6) is 0 Å². The molecule has 394 valence electrons. The van der Waals surface area contributed by atoms with Gasteiger partial charge in [-0.05, 0) is 77.0 Å². The summed E-state index contributed by atoms with van der Waals surface area (Å²) in [4.78, 5) is 38.1. The van der Waals surface area contributed by atoms with Gasteiger partial charge in [0.25, 0.3) is 0 Å². The SMILES string of the molecule is CC/C=C/C/C=C/C/C=C/C/C=C/C/C=C/C/C=C/CCC(=O)OCC(COC(=O)CC/C=C/C/C=C/CCCCCCCC)OC(=O)CCCCCCCCCCCCCCCCCCCCC. The Morgan fingerprint density at radius 2 is 0.594 bits per heavy atom. The summed E-state index contributed by atoms with van der Waals surface area (Å²) in [6.07, 6.45) is 75.7. The monoisotopic (exact) mass is 959 g/mol. The summed E-state index contributed by atoms with van der Waals surface area (Å²) in [5.41, 5.74) is 0. The van der Waals surface area contributed by atoms with Crippen LogP contribution in [0.1, 0.15) is 265 Å². The summed E-state index contributed by atoms with van der Waals surface area (Å²) >= 11 is 0. The second kappa shape index (κ2) is 56.9. The number of allylic oxidation sites excluding steroid dienone is 16. The van der Waals surface area contributed by atoms with Crippen molar-refractivity contribution in [2.24, 2.45) is 0 Å². The van der Waals surface area contributed by atoms with Gasteiger partial charge in [0.05, 0.1) is 0 Å². The van der Waals surface area contributed by atoms with Crippen molar-refractivity contribution < 1.29 is 28.6 Å². The molecule has 0 N–H and O–H groups in total. The molecule has 0 aliphatic rings. The molecule has 0 rings (SSSR count). The van der Waals surface area contributed by atoms with E-state index >= 15 is 0 Å². The number of carbonyl (C=O) groups is 3. The Balaban J connectivity index is 4.51. The van der Waals surface area contributed by atoms with E-state index in [0.29, 0.717) is 19.3 Å². The van der Waals surface area contributed by atoms with Crippen LogP contribution in [0.4, 0.5) is 0 Å². The molecule has 0 amide bonds. The molecule has 1 unspecified atom stereocenters. The van der Waals surface area contributed by atoms with Crippen molar-refractivity contribution in [1.82, 2.24) is 0 Å². The van der Waals surface area contributed by atoms with Crippen LogP contribution in [0.3, 0.4) is 0 Å². The molecule has 6 heteroatoms. The van der Waals surface area contributed by atoms with Crippen molar-refractivity contribution >= 4 is 17.9 Å². The minimum Gasteiger partial charge on any atom is -0.462 e. The molecule has 0 heterocycles. The van der Waals surface area contributed by atoms with Crippen molar-refractivity contribution in [2.75, 3.05) is 13.2 Å². The van der Waals surface area contributed by atoms with Gasteiger partial charge in [-0.2, -0.15) is 0 Å². The van der Waals surface area contributed by atoms with Gasteiger partial charge in [-0.25, -0.2) is 0 Å². The summed E-state index contributed by atoms with van der Waals surface area (Å²) in [6, 6.07) is 0. The molecule has 0 aromatic carbocycles. The molecule has 0 spiro atoms. The third kappa shape index (κ3) is 55.1. The molecule has 0 fully saturated rings. The molecule has 0 aliphatic carbocycles. The van der Waals surface area contributed by atoms with Crippen LogP contribution in [0, 0.1) is 0 Å². The number of unbranched alkanes of at least 4 members (excludes halogenated alkanes) is 24. The number of hydrogen-bond donors (Lipinski definition) is 0. The number of hydrogen-bond acceptors (Lipinski definition) is 6. The standard InChI is InChI=1S/C63H106O6/c1-4-7-10-13-16-19-22-25-27-29-31-33-35-38-41-44-47-50-53-56-62(65)68-59-60(58-67-61(64)55-52-49-46-43-40-37-24-21-18-15-12-9-6-3)69-63(66)57-54-51-48-45-42-39-36-34-32-30-28-26-23-20-17-14-11-8-5-2/h7,10,16,19,25,27,31,33,37-38,40-41,46-47,49-50,60H,4-6,8-9,11-15,17-18,20-24,26,28-30,32,34-36,39,42-45,48,51-59H2,1-3H3/b10-7+,19-16+,27-25+,33-31+,40-37+,41-38+,49-46+,50-47+. The zero-order chi connectivity index (χ0) is 50.0. The predicted octanol–water partition coefficient (Wildman–Crippen LogP) is 19.3. The number of esters is 3. The Morgan fingerprint density at radius 3 is 0.942 bits per heavy atom. The van der Waals surface area contributed by atoms with E-state index in [1.807, 2.05) is 12.2 Å². The van der Waals surface area contributed by atoms with Crippen molar-refractivity contribution in [3.05, 3.63) is 97.2 Å². The molecule has 6 nitrogen and oxygen atoms in total. The third-order valence-electron chi connectivity index (χ3n) is 12.1. The van der Waals surface area contributed by atoms with Gasteiger partial charge < -0.3 is 14.2 Å². The van der Waals surface area contributed by atoms with Crippen LogP contribution < -0.4 is 0 Å². The van der Waals surface area contributed by atoms with Gasteiger partial charge in [-0.1, -0.05) is 266 Å². The highest BCUT2D eigenvalue weighted by Gasteiger charge is 2.19. The molecule has 0 aromatic heterocycles. The second-order valence-corrected chi connectivity index (χ2v) is 18.8.